The van der Waals surface area contributed by atoms with Crippen molar-refractivity contribution in [3.63, 3.8) is 0 Å². The molecule has 7 heteroatoms. The molecule has 9 atom stereocenters. The number of methoxy groups -OCH3 is 1. The molecule has 5 aliphatic carbocycles. The molecule has 0 aromatic carbocycles. The molecule has 0 heterocycles. The normalized spacial score (nSPS) is 50.0. The molecule has 0 aromatic heterocycles. The summed E-state index contributed by atoms with van der Waals surface area (Å²) in [5.41, 5.74) is 1.33. The minimum Gasteiger partial charge on any atom is -0.469 e. The quantitative estimate of drug-likeness (QED) is 0.228. The van der Waals surface area contributed by atoms with Crippen molar-refractivity contribution >= 4 is 16.4 Å². The molecule has 4 saturated carbocycles. The van der Waals surface area contributed by atoms with Gasteiger partial charge in [-0.15, -0.1) is 0 Å². The summed E-state index contributed by atoms with van der Waals surface area (Å²) in [7, 11) is -2.97. The number of rotatable bonds is 3. The molecule has 0 amide bonds. The Balaban J connectivity index is 1.52. The third kappa shape index (κ3) is 3.83. The van der Waals surface area contributed by atoms with Gasteiger partial charge in [-0.25, -0.2) is 4.18 Å². The molecule has 0 saturated heterocycles. The topological polar surface area (TPSA) is 89.9 Å². The van der Waals surface area contributed by atoms with Gasteiger partial charge in [0.25, 0.3) is 0 Å². The van der Waals surface area contributed by atoms with E-state index in [0.717, 1.165) is 44.9 Å². The Morgan fingerprint density at radius 2 is 1.58 bits per heavy atom. The average Bonchev–Trinajstić information content (AvgIpc) is 2.81. The van der Waals surface area contributed by atoms with Crippen LogP contribution in [0, 0.1) is 50.2 Å². The molecule has 1 N–H and O–H groups in total. The monoisotopic (exact) mass is 550 g/mol. The minimum atomic E-state index is -4.49. The van der Waals surface area contributed by atoms with E-state index in [2.05, 4.69) is 54.5 Å². The number of fused-ring (bicyclic) bond motifs is 7. The number of carbonyl (C=O) groups is 1. The van der Waals surface area contributed by atoms with Crippen LogP contribution in [0.4, 0.5) is 0 Å². The van der Waals surface area contributed by atoms with Crippen LogP contribution in [0.25, 0.3) is 0 Å². The van der Waals surface area contributed by atoms with E-state index in [-0.39, 0.29) is 33.0 Å². The van der Waals surface area contributed by atoms with Gasteiger partial charge in [0.15, 0.2) is 0 Å². The molecule has 1 unspecified atom stereocenters. The fraction of sp³-hybridized carbons (Fsp3) is 0.903. The highest BCUT2D eigenvalue weighted by Gasteiger charge is 2.68. The predicted molar refractivity (Wildman–Crippen MR) is 147 cm³/mol. The largest absolute Gasteiger partial charge is 0.469 e. The summed E-state index contributed by atoms with van der Waals surface area (Å²) in [6, 6.07) is 0. The lowest BCUT2D eigenvalue weighted by Gasteiger charge is -2.71. The number of ether oxygens (including phenoxy) is 1. The van der Waals surface area contributed by atoms with E-state index in [9.17, 15) is 17.8 Å². The highest BCUT2D eigenvalue weighted by atomic mass is 32.3. The Morgan fingerprint density at radius 3 is 2.21 bits per heavy atom. The van der Waals surface area contributed by atoms with E-state index < -0.39 is 21.9 Å². The smallest absolute Gasteiger partial charge is 0.397 e. The van der Waals surface area contributed by atoms with E-state index in [1.807, 2.05) is 0 Å². The Kier molecular flexibility index (Phi) is 6.43. The van der Waals surface area contributed by atoms with Gasteiger partial charge in [-0.1, -0.05) is 53.2 Å². The van der Waals surface area contributed by atoms with Crippen LogP contribution >= 0.6 is 0 Å². The van der Waals surface area contributed by atoms with Gasteiger partial charge in [-0.05, 0) is 116 Å². The zero-order chi connectivity index (χ0) is 28.2. The molecule has 5 aliphatic rings. The molecule has 0 aromatic rings. The summed E-state index contributed by atoms with van der Waals surface area (Å²) in [5.74, 6) is 1.15. The van der Waals surface area contributed by atoms with Crippen molar-refractivity contribution in [2.24, 2.45) is 50.2 Å². The molecule has 0 radical (unpaired) electrons. The Hall–Kier alpha value is -0.920. The summed E-state index contributed by atoms with van der Waals surface area (Å²) >= 11 is 0. The standard InChI is InChI=1S/C31H50O6S/c1-26(2)22-11-14-31(7)23(29(22,5)13-12-24(26)37-38(33,34)35)10-9-20-21-19-28(4,25(32)36-8)16-15-27(21,3)17-18-30(20,31)6/h9,21-24H,10-19H2,1-8H3,(H,33,34,35)/t21-,22-,23+,24?,27+,28-,29-,30+,31+/m0/s1. The minimum absolute atomic E-state index is 0.0635. The summed E-state index contributed by atoms with van der Waals surface area (Å²) in [5, 5.41) is 0. The number of hydrogen-bond acceptors (Lipinski definition) is 5. The van der Waals surface area contributed by atoms with Crippen molar-refractivity contribution < 1.29 is 26.7 Å². The SMILES string of the molecule is COC(=O)[C@@]1(C)CC[C@]2(C)CC[C@]3(C)C(=CC[C@@H]4[C@@]5(C)CCC(OS(=O)(=O)O)C(C)(C)[C@@H]5CC[C@]43C)[C@@H]2C1. The molecule has 5 rings (SSSR count). The lowest BCUT2D eigenvalue weighted by molar-refractivity contribution is -0.200. The van der Waals surface area contributed by atoms with E-state index in [4.69, 9.17) is 8.92 Å². The zero-order valence-corrected chi connectivity index (χ0v) is 25.7. The summed E-state index contributed by atoms with van der Waals surface area (Å²) in [6.45, 7) is 16.4. The predicted octanol–water partition coefficient (Wildman–Crippen LogP) is 7.15. The maximum Gasteiger partial charge on any atom is 0.397 e. The van der Waals surface area contributed by atoms with Crippen LogP contribution in [0.1, 0.15) is 113 Å². The summed E-state index contributed by atoms with van der Waals surface area (Å²) in [4.78, 5) is 12.9. The van der Waals surface area contributed by atoms with E-state index in [1.165, 1.54) is 20.0 Å². The fourth-order valence-electron chi connectivity index (χ4n) is 11.1. The van der Waals surface area contributed by atoms with Crippen molar-refractivity contribution in [1.82, 2.24) is 0 Å². The molecule has 0 spiro atoms. The van der Waals surface area contributed by atoms with Crippen LogP contribution in [-0.2, 0) is 24.1 Å². The van der Waals surface area contributed by atoms with Gasteiger partial charge in [-0.2, -0.15) is 8.42 Å². The Bertz CT molecular complexity index is 1140. The van der Waals surface area contributed by atoms with Crippen molar-refractivity contribution in [1.29, 1.82) is 0 Å². The van der Waals surface area contributed by atoms with Gasteiger partial charge in [0.2, 0.25) is 0 Å². The van der Waals surface area contributed by atoms with Crippen molar-refractivity contribution in [3.8, 4) is 0 Å². The molecule has 0 aliphatic heterocycles. The van der Waals surface area contributed by atoms with Crippen LogP contribution in [0.2, 0.25) is 0 Å². The van der Waals surface area contributed by atoms with Gasteiger partial charge in [-0.3, -0.25) is 9.35 Å². The molecular weight excluding hydrogens is 500 g/mol. The van der Waals surface area contributed by atoms with Crippen LogP contribution in [0.15, 0.2) is 11.6 Å². The van der Waals surface area contributed by atoms with Crippen molar-refractivity contribution in [2.45, 2.75) is 119 Å². The third-order valence-corrected chi connectivity index (χ3v) is 14.2. The summed E-state index contributed by atoms with van der Waals surface area (Å²) in [6.07, 6.45) is 12.0. The lowest BCUT2D eigenvalue weighted by atomic mass is 9.33. The summed E-state index contributed by atoms with van der Waals surface area (Å²) < 4.78 is 43.3. The second-order valence-electron chi connectivity index (χ2n) is 15.6. The lowest BCUT2D eigenvalue weighted by Crippen LogP contribution is -2.64. The van der Waals surface area contributed by atoms with Crippen LogP contribution in [0.3, 0.4) is 0 Å². The van der Waals surface area contributed by atoms with Crippen molar-refractivity contribution in [2.75, 3.05) is 7.11 Å². The highest BCUT2D eigenvalue weighted by Crippen LogP contribution is 2.75. The fourth-order valence-corrected chi connectivity index (χ4v) is 11.7. The first-order valence-electron chi connectivity index (χ1n) is 14.8. The van der Waals surface area contributed by atoms with Gasteiger partial charge in [0.1, 0.15) is 0 Å². The van der Waals surface area contributed by atoms with Crippen molar-refractivity contribution in [3.05, 3.63) is 11.6 Å². The first kappa shape index (κ1) is 28.6. The maximum absolute atomic E-state index is 12.9. The van der Waals surface area contributed by atoms with E-state index in [1.54, 1.807) is 5.57 Å². The average molecular weight is 551 g/mol. The van der Waals surface area contributed by atoms with Crippen LogP contribution in [0.5, 0.6) is 0 Å². The molecule has 38 heavy (non-hydrogen) atoms. The van der Waals surface area contributed by atoms with Gasteiger partial charge >= 0.3 is 16.4 Å². The van der Waals surface area contributed by atoms with Crippen LogP contribution < -0.4 is 0 Å². The van der Waals surface area contributed by atoms with Crippen LogP contribution in [-0.4, -0.2) is 32.2 Å². The molecule has 4 fully saturated rings. The number of esters is 1. The van der Waals surface area contributed by atoms with Gasteiger partial charge < -0.3 is 4.74 Å². The second kappa shape index (κ2) is 8.55. The third-order valence-electron chi connectivity index (χ3n) is 13.7. The Labute approximate surface area is 230 Å². The molecule has 216 valence electrons. The van der Waals surface area contributed by atoms with E-state index >= 15 is 0 Å². The molecular formula is C31H50O6S. The molecule has 0 bridgehead atoms. The van der Waals surface area contributed by atoms with E-state index in [0.29, 0.717) is 24.2 Å². The molecule has 6 nitrogen and oxygen atoms in total. The first-order chi connectivity index (χ1) is 17.4. The Morgan fingerprint density at radius 1 is 0.921 bits per heavy atom. The zero-order valence-electron chi connectivity index (χ0n) is 24.9. The number of allylic oxidation sites excluding steroid dienone is 2. The highest BCUT2D eigenvalue weighted by molar-refractivity contribution is 7.80. The van der Waals surface area contributed by atoms with Gasteiger partial charge in [0, 0.05) is 0 Å². The number of carbonyl (C=O) groups excluding carboxylic acids is 1. The first-order valence-corrected chi connectivity index (χ1v) is 16.2. The number of hydrogen-bond donors (Lipinski definition) is 1. The van der Waals surface area contributed by atoms with Gasteiger partial charge in [0.05, 0.1) is 18.6 Å². The second-order valence-corrected chi connectivity index (χ2v) is 16.7. The maximum atomic E-state index is 12.9.